The summed E-state index contributed by atoms with van der Waals surface area (Å²) in [6.07, 6.45) is 0.116. The minimum Gasteiger partial charge on any atom is -0.477 e. The number of oxime groups is 1. The topological polar surface area (TPSA) is 85.2 Å². The van der Waals surface area contributed by atoms with Crippen molar-refractivity contribution in [1.29, 1.82) is 0 Å². The van der Waals surface area contributed by atoms with Crippen molar-refractivity contribution in [2.75, 3.05) is 0 Å². The zero-order chi connectivity index (χ0) is 12.8. The highest BCUT2D eigenvalue weighted by Gasteiger charge is 2.18. The Morgan fingerprint density at radius 2 is 2.00 bits per heavy atom. The molecule has 0 fully saturated rings. The number of esters is 1. The first-order chi connectivity index (χ1) is 7.20. The van der Waals surface area contributed by atoms with E-state index in [-0.39, 0.29) is 6.42 Å². The average Bonchev–Trinajstić information content (AvgIpc) is 1.98. The fourth-order valence-corrected chi connectivity index (χ4v) is 0.835. The van der Waals surface area contributed by atoms with Gasteiger partial charge in [0.1, 0.15) is 11.7 Å². The molecule has 0 spiro atoms. The summed E-state index contributed by atoms with van der Waals surface area (Å²) in [7, 11) is 0. The average molecular weight is 231 g/mol. The second-order valence-corrected chi connectivity index (χ2v) is 4.28. The highest BCUT2D eigenvalue weighted by Crippen LogP contribution is 2.10. The third-order valence-electron chi connectivity index (χ3n) is 1.28. The molecule has 0 bridgehead atoms. The van der Waals surface area contributed by atoms with Gasteiger partial charge in [0.15, 0.2) is 6.21 Å². The SMILES string of the molecule is CC(CC(=O)OC(C)(C)C)O/N=C/C(=O)O. The predicted octanol–water partition coefficient (Wildman–Crippen LogP) is 1.19. The molecular formula is C10H17NO5. The van der Waals surface area contributed by atoms with Gasteiger partial charge in [-0.25, -0.2) is 4.79 Å². The maximum absolute atomic E-state index is 11.3. The number of hydrogen-bond donors (Lipinski definition) is 1. The van der Waals surface area contributed by atoms with Crippen LogP contribution in [0.15, 0.2) is 5.16 Å². The maximum Gasteiger partial charge on any atom is 0.350 e. The molecule has 16 heavy (non-hydrogen) atoms. The van der Waals surface area contributed by atoms with Crippen LogP contribution in [0.5, 0.6) is 0 Å². The monoisotopic (exact) mass is 231 g/mol. The van der Waals surface area contributed by atoms with Gasteiger partial charge in [-0.2, -0.15) is 0 Å². The van der Waals surface area contributed by atoms with Gasteiger partial charge in [0.05, 0.1) is 6.42 Å². The molecule has 0 saturated heterocycles. The van der Waals surface area contributed by atoms with E-state index in [0.29, 0.717) is 6.21 Å². The van der Waals surface area contributed by atoms with E-state index in [0.717, 1.165) is 0 Å². The molecule has 0 aromatic rings. The zero-order valence-corrected chi connectivity index (χ0v) is 9.89. The molecule has 0 aromatic carbocycles. The lowest BCUT2D eigenvalue weighted by molar-refractivity contribution is -0.157. The van der Waals surface area contributed by atoms with E-state index >= 15 is 0 Å². The Kier molecular flexibility index (Phi) is 5.49. The summed E-state index contributed by atoms with van der Waals surface area (Å²) in [6, 6.07) is 0. The van der Waals surface area contributed by atoms with E-state index in [4.69, 9.17) is 14.7 Å². The van der Waals surface area contributed by atoms with Crippen molar-refractivity contribution >= 4 is 18.2 Å². The quantitative estimate of drug-likeness (QED) is 0.436. The summed E-state index contributed by atoms with van der Waals surface area (Å²) < 4.78 is 5.05. The molecule has 1 atom stereocenters. The van der Waals surface area contributed by atoms with E-state index in [9.17, 15) is 9.59 Å². The molecular weight excluding hydrogens is 214 g/mol. The Morgan fingerprint density at radius 1 is 1.44 bits per heavy atom. The first-order valence-corrected chi connectivity index (χ1v) is 4.84. The Labute approximate surface area is 94.2 Å². The number of carbonyl (C=O) groups is 2. The van der Waals surface area contributed by atoms with Crippen LogP contribution in [0, 0.1) is 0 Å². The van der Waals surface area contributed by atoms with Crippen molar-refractivity contribution in [2.45, 2.75) is 45.8 Å². The van der Waals surface area contributed by atoms with Crippen LogP contribution in [-0.2, 0) is 19.2 Å². The number of rotatable bonds is 5. The van der Waals surface area contributed by atoms with Gasteiger partial charge in [0.2, 0.25) is 0 Å². The van der Waals surface area contributed by atoms with Gasteiger partial charge in [0.25, 0.3) is 0 Å². The van der Waals surface area contributed by atoms with E-state index in [1.54, 1.807) is 27.7 Å². The van der Waals surface area contributed by atoms with Gasteiger partial charge in [-0.3, -0.25) is 4.79 Å². The molecule has 0 rings (SSSR count). The minimum atomic E-state index is -1.20. The van der Waals surface area contributed by atoms with Crippen LogP contribution in [0.25, 0.3) is 0 Å². The lowest BCUT2D eigenvalue weighted by Crippen LogP contribution is -2.26. The maximum atomic E-state index is 11.3. The number of carboxylic acids is 1. The van der Waals surface area contributed by atoms with Crippen molar-refractivity contribution < 1.29 is 24.3 Å². The fraction of sp³-hybridized carbons (Fsp3) is 0.700. The van der Waals surface area contributed by atoms with Crippen LogP contribution in [0.1, 0.15) is 34.1 Å². The molecule has 1 N–H and O–H groups in total. The number of carboxylic acid groups (broad SMARTS) is 1. The summed E-state index contributed by atoms with van der Waals surface area (Å²) in [4.78, 5) is 26.1. The number of carbonyl (C=O) groups excluding carboxylic acids is 1. The molecule has 0 heterocycles. The summed E-state index contributed by atoms with van der Waals surface area (Å²) >= 11 is 0. The molecule has 0 aliphatic heterocycles. The molecule has 92 valence electrons. The molecule has 6 nitrogen and oxygen atoms in total. The highest BCUT2D eigenvalue weighted by atomic mass is 16.6. The number of aliphatic carboxylic acids is 1. The Balaban J connectivity index is 3.92. The van der Waals surface area contributed by atoms with E-state index in [2.05, 4.69) is 5.16 Å². The van der Waals surface area contributed by atoms with Gasteiger partial charge in [-0.05, 0) is 27.7 Å². The third kappa shape index (κ3) is 8.98. The van der Waals surface area contributed by atoms with Crippen molar-refractivity contribution in [3.8, 4) is 0 Å². The first kappa shape index (κ1) is 14.4. The lowest BCUT2D eigenvalue weighted by atomic mass is 10.2. The van der Waals surface area contributed by atoms with E-state index < -0.39 is 23.6 Å². The highest BCUT2D eigenvalue weighted by molar-refractivity contribution is 6.21. The summed E-state index contributed by atoms with van der Waals surface area (Å²) in [5.74, 6) is -1.62. The van der Waals surface area contributed by atoms with Crippen molar-refractivity contribution in [3.05, 3.63) is 0 Å². The van der Waals surface area contributed by atoms with E-state index in [1.807, 2.05) is 0 Å². The Bertz CT molecular complexity index is 279. The second-order valence-electron chi connectivity index (χ2n) is 4.28. The van der Waals surface area contributed by atoms with Gasteiger partial charge in [0, 0.05) is 0 Å². The lowest BCUT2D eigenvalue weighted by Gasteiger charge is -2.20. The minimum absolute atomic E-state index is 0.0221. The van der Waals surface area contributed by atoms with Gasteiger partial charge in [-0.15, -0.1) is 0 Å². The summed E-state index contributed by atoms with van der Waals surface area (Å²) in [5, 5.41) is 11.4. The van der Waals surface area contributed by atoms with Gasteiger partial charge < -0.3 is 14.7 Å². The standard InChI is InChI=1S/C10H17NO5/c1-7(16-11-6-8(12)13)5-9(14)15-10(2,3)4/h6-7H,5H2,1-4H3,(H,12,13)/b11-6+. The van der Waals surface area contributed by atoms with Crippen LogP contribution < -0.4 is 0 Å². The molecule has 0 radical (unpaired) electrons. The van der Waals surface area contributed by atoms with Crippen LogP contribution in [0.3, 0.4) is 0 Å². The first-order valence-electron chi connectivity index (χ1n) is 4.84. The molecule has 0 aromatic heterocycles. The number of hydrogen-bond acceptors (Lipinski definition) is 5. The predicted molar refractivity (Wildman–Crippen MR) is 57.1 cm³/mol. The van der Waals surface area contributed by atoms with Crippen LogP contribution in [0.2, 0.25) is 0 Å². The number of ether oxygens (including phenoxy) is 1. The van der Waals surface area contributed by atoms with Crippen molar-refractivity contribution in [2.24, 2.45) is 5.16 Å². The molecule has 1 unspecified atom stereocenters. The van der Waals surface area contributed by atoms with Crippen LogP contribution in [0.4, 0.5) is 0 Å². The Morgan fingerprint density at radius 3 is 2.44 bits per heavy atom. The van der Waals surface area contributed by atoms with Crippen LogP contribution >= 0.6 is 0 Å². The molecule has 0 aliphatic rings. The van der Waals surface area contributed by atoms with Gasteiger partial charge in [-0.1, -0.05) is 5.16 Å². The van der Waals surface area contributed by atoms with Crippen LogP contribution in [-0.4, -0.2) is 35.0 Å². The van der Waals surface area contributed by atoms with E-state index in [1.165, 1.54) is 0 Å². The molecule has 6 heteroatoms. The number of nitrogens with zero attached hydrogens (tertiary/aromatic N) is 1. The molecule has 0 saturated carbocycles. The zero-order valence-electron chi connectivity index (χ0n) is 9.89. The largest absolute Gasteiger partial charge is 0.477 e. The Hall–Kier alpha value is -1.59. The smallest absolute Gasteiger partial charge is 0.350 e. The van der Waals surface area contributed by atoms with Crippen molar-refractivity contribution in [3.63, 3.8) is 0 Å². The normalized spacial score (nSPS) is 13.5. The van der Waals surface area contributed by atoms with Gasteiger partial charge >= 0.3 is 11.9 Å². The third-order valence-corrected chi connectivity index (χ3v) is 1.28. The van der Waals surface area contributed by atoms with Crippen molar-refractivity contribution in [1.82, 2.24) is 0 Å². The molecule has 0 aliphatic carbocycles. The summed E-state index contributed by atoms with van der Waals surface area (Å²) in [6.45, 7) is 6.89. The molecule has 0 amide bonds. The second kappa shape index (κ2) is 6.09. The fourth-order valence-electron chi connectivity index (χ4n) is 0.835. The summed E-state index contributed by atoms with van der Waals surface area (Å²) in [5.41, 5.74) is -0.541.